The van der Waals surface area contributed by atoms with Gasteiger partial charge in [-0.15, -0.1) is 0 Å². The van der Waals surface area contributed by atoms with Gasteiger partial charge in [0.2, 0.25) is 11.8 Å². The van der Waals surface area contributed by atoms with Crippen LogP contribution in [0, 0.1) is 0 Å². The molecule has 1 unspecified atom stereocenters. The lowest BCUT2D eigenvalue weighted by atomic mass is 10.0. The SMILES string of the molecule is O=C1CCC(N2CCc3ccccc32)C(=O)N1. The molecular formula is C13H14N2O2. The summed E-state index contributed by atoms with van der Waals surface area (Å²) < 4.78 is 0. The van der Waals surface area contributed by atoms with Gasteiger partial charge < -0.3 is 4.90 Å². The van der Waals surface area contributed by atoms with Crippen molar-refractivity contribution >= 4 is 17.5 Å². The molecule has 17 heavy (non-hydrogen) atoms. The van der Waals surface area contributed by atoms with Gasteiger partial charge in [-0.25, -0.2) is 0 Å². The van der Waals surface area contributed by atoms with Crippen molar-refractivity contribution in [2.24, 2.45) is 0 Å². The summed E-state index contributed by atoms with van der Waals surface area (Å²) in [6.07, 6.45) is 2.04. The van der Waals surface area contributed by atoms with Crippen LogP contribution in [0.15, 0.2) is 24.3 Å². The van der Waals surface area contributed by atoms with Gasteiger partial charge >= 0.3 is 0 Å². The number of para-hydroxylation sites is 1. The normalized spacial score (nSPS) is 23.5. The fourth-order valence-corrected chi connectivity index (χ4v) is 2.67. The van der Waals surface area contributed by atoms with E-state index in [1.54, 1.807) is 0 Å². The number of piperidine rings is 1. The number of nitrogens with one attached hydrogen (secondary N) is 1. The summed E-state index contributed by atoms with van der Waals surface area (Å²) in [5, 5.41) is 2.42. The van der Waals surface area contributed by atoms with Gasteiger partial charge in [0.05, 0.1) is 0 Å². The number of imide groups is 1. The minimum absolute atomic E-state index is 0.154. The number of amides is 2. The summed E-state index contributed by atoms with van der Waals surface area (Å²) in [5.41, 5.74) is 2.43. The number of anilines is 1. The second-order valence-corrected chi connectivity index (χ2v) is 4.54. The molecule has 2 heterocycles. The molecule has 0 saturated carbocycles. The van der Waals surface area contributed by atoms with Crippen molar-refractivity contribution in [2.75, 3.05) is 11.4 Å². The highest BCUT2D eigenvalue weighted by atomic mass is 16.2. The van der Waals surface area contributed by atoms with Crippen LogP contribution in [-0.2, 0) is 16.0 Å². The molecule has 1 atom stereocenters. The molecule has 0 aliphatic carbocycles. The molecule has 4 heteroatoms. The Kier molecular flexibility index (Phi) is 2.35. The molecule has 4 nitrogen and oxygen atoms in total. The molecule has 1 aromatic carbocycles. The van der Waals surface area contributed by atoms with Gasteiger partial charge in [-0.05, 0) is 24.5 Å². The molecule has 0 spiro atoms. The van der Waals surface area contributed by atoms with E-state index in [0.29, 0.717) is 12.8 Å². The number of hydrogen-bond acceptors (Lipinski definition) is 3. The van der Waals surface area contributed by atoms with E-state index < -0.39 is 0 Å². The minimum Gasteiger partial charge on any atom is -0.359 e. The Morgan fingerprint density at radius 1 is 1.18 bits per heavy atom. The molecule has 88 valence electrons. The molecule has 1 aromatic rings. The zero-order valence-corrected chi connectivity index (χ0v) is 9.48. The van der Waals surface area contributed by atoms with Crippen molar-refractivity contribution in [3.63, 3.8) is 0 Å². The van der Waals surface area contributed by atoms with E-state index in [4.69, 9.17) is 0 Å². The van der Waals surface area contributed by atoms with Gasteiger partial charge in [0, 0.05) is 18.7 Å². The van der Waals surface area contributed by atoms with Crippen LogP contribution in [0.3, 0.4) is 0 Å². The lowest BCUT2D eigenvalue weighted by Crippen LogP contribution is -2.52. The van der Waals surface area contributed by atoms with Crippen molar-refractivity contribution in [3.8, 4) is 0 Å². The number of hydrogen-bond donors (Lipinski definition) is 1. The minimum atomic E-state index is -0.184. The van der Waals surface area contributed by atoms with Gasteiger partial charge in [-0.3, -0.25) is 14.9 Å². The van der Waals surface area contributed by atoms with Gasteiger partial charge in [-0.1, -0.05) is 18.2 Å². The van der Waals surface area contributed by atoms with E-state index in [9.17, 15) is 9.59 Å². The van der Waals surface area contributed by atoms with Crippen molar-refractivity contribution in [3.05, 3.63) is 29.8 Å². The highest BCUT2D eigenvalue weighted by molar-refractivity contribution is 6.01. The summed E-state index contributed by atoms with van der Waals surface area (Å²) in [4.78, 5) is 25.1. The predicted octanol–water partition coefficient (Wildman–Crippen LogP) is 0.854. The summed E-state index contributed by atoms with van der Waals surface area (Å²) in [5.74, 6) is -0.309. The Balaban J connectivity index is 1.87. The van der Waals surface area contributed by atoms with Gasteiger partial charge in [0.1, 0.15) is 6.04 Å². The number of benzene rings is 1. The average Bonchev–Trinajstić information content (AvgIpc) is 2.73. The lowest BCUT2D eigenvalue weighted by Gasteiger charge is -2.31. The van der Waals surface area contributed by atoms with E-state index in [-0.39, 0.29) is 17.9 Å². The predicted molar refractivity (Wildman–Crippen MR) is 63.7 cm³/mol. The van der Waals surface area contributed by atoms with Crippen molar-refractivity contribution in [2.45, 2.75) is 25.3 Å². The summed E-state index contributed by atoms with van der Waals surface area (Å²) in [6, 6.07) is 7.97. The largest absolute Gasteiger partial charge is 0.359 e. The average molecular weight is 230 g/mol. The van der Waals surface area contributed by atoms with Crippen LogP contribution >= 0.6 is 0 Å². The highest BCUT2D eigenvalue weighted by Crippen LogP contribution is 2.31. The Morgan fingerprint density at radius 2 is 2.00 bits per heavy atom. The Labute approximate surface area is 99.6 Å². The lowest BCUT2D eigenvalue weighted by molar-refractivity contribution is -0.134. The van der Waals surface area contributed by atoms with Crippen LogP contribution in [0.1, 0.15) is 18.4 Å². The summed E-state index contributed by atoms with van der Waals surface area (Å²) in [6.45, 7) is 0.867. The zero-order valence-electron chi connectivity index (χ0n) is 9.48. The van der Waals surface area contributed by atoms with E-state index in [1.165, 1.54) is 5.56 Å². The maximum absolute atomic E-state index is 11.8. The Hall–Kier alpha value is -1.84. The van der Waals surface area contributed by atoms with Crippen LogP contribution in [0.5, 0.6) is 0 Å². The van der Waals surface area contributed by atoms with Crippen LogP contribution < -0.4 is 10.2 Å². The van der Waals surface area contributed by atoms with Gasteiger partial charge in [-0.2, -0.15) is 0 Å². The molecule has 3 rings (SSSR count). The molecule has 2 aliphatic heterocycles. The van der Waals surface area contributed by atoms with E-state index in [2.05, 4.69) is 16.3 Å². The Morgan fingerprint density at radius 3 is 2.82 bits per heavy atom. The quantitative estimate of drug-likeness (QED) is 0.728. The molecule has 0 radical (unpaired) electrons. The molecule has 1 N–H and O–H groups in total. The standard InChI is InChI=1S/C13H14N2O2/c16-12-6-5-11(13(17)14-12)15-8-7-9-3-1-2-4-10(9)15/h1-4,11H,5-8H2,(H,14,16,17). The maximum Gasteiger partial charge on any atom is 0.249 e. The van der Waals surface area contributed by atoms with E-state index in [0.717, 1.165) is 18.7 Å². The summed E-state index contributed by atoms with van der Waals surface area (Å²) >= 11 is 0. The molecule has 0 bridgehead atoms. The van der Waals surface area contributed by atoms with E-state index >= 15 is 0 Å². The van der Waals surface area contributed by atoms with Crippen molar-refractivity contribution < 1.29 is 9.59 Å². The van der Waals surface area contributed by atoms with Crippen LogP contribution in [0.4, 0.5) is 5.69 Å². The maximum atomic E-state index is 11.8. The van der Waals surface area contributed by atoms with Crippen LogP contribution in [0.2, 0.25) is 0 Å². The zero-order chi connectivity index (χ0) is 11.8. The first-order valence-corrected chi connectivity index (χ1v) is 5.94. The third kappa shape index (κ3) is 1.69. The summed E-state index contributed by atoms with van der Waals surface area (Å²) in [7, 11) is 0. The number of nitrogens with zero attached hydrogens (tertiary/aromatic N) is 1. The third-order valence-electron chi connectivity index (χ3n) is 3.51. The van der Waals surface area contributed by atoms with Gasteiger partial charge in [0.25, 0.3) is 0 Å². The number of rotatable bonds is 1. The third-order valence-corrected chi connectivity index (χ3v) is 3.51. The fourth-order valence-electron chi connectivity index (χ4n) is 2.67. The van der Waals surface area contributed by atoms with Crippen molar-refractivity contribution in [1.82, 2.24) is 5.32 Å². The molecule has 2 aliphatic rings. The van der Waals surface area contributed by atoms with Gasteiger partial charge in [0.15, 0.2) is 0 Å². The second-order valence-electron chi connectivity index (χ2n) is 4.54. The molecule has 0 aromatic heterocycles. The second kappa shape index (κ2) is 3.87. The highest BCUT2D eigenvalue weighted by Gasteiger charge is 2.34. The molecular weight excluding hydrogens is 216 g/mol. The first-order valence-electron chi connectivity index (χ1n) is 5.94. The van der Waals surface area contributed by atoms with Crippen molar-refractivity contribution in [1.29, 1.82) is 0 Å². The number of fused-ring (bicyclic) bond motifs is 1. The van der Waals surface area contributed by atoms with Crippen LogP contribution in [-0.4, -0.2) is 24.4 Å². The fraction of sp³-hybridized carbons (Fsp3) is 0.385. The first kappa shape index (κ1) is 10.3. The molecule has 2 amide bonds. The molecule has 1 saturated heterocycles. The smallest absolute Gasteiger partial charge is 0.249 e. The topological polar surface area (TPSA) is 49.4 Å². The van der Waals surface area contributed by atoms with E-state index in [1.807, 2.05) is 18.2 Å². The van der Waals surface area contributed by atoms with Crippen LogP contribution in [0.25, 0.3) is 0 Å². The number of carbonyl (C=O) groups excluding carboxylic acids is 2. The monoisotopic (exact) mass is 230 g/mol. The Bertz CT molecular complexity index is 484. The molecule has 1 fully saturated rings. The number of carbonyl (C=O) groups is 2. The first-order chi connectivity index (χ1) is 8.25.